The van der Waals surface area contributed by atoms with E-state index < -0.39 is 30.8 Å². The quantitative estimate of drug-likeness (QED) is 0.277. The van der Waals surface area contributed by atoms with E-state index in [1.165, 1.54) is 0 Å². The van der Waals surface area contributed by atoms with Gasteiger partial charge in [-0.3, -0.25) is 9.68 Å². The van der Waals surface area contributed by atoms with Crippen LogP contribution < -0.4 is 20.4 Å². The standard InChI is InChI=1S/C28H36Cl4N2O6S/c1-7-37-23-11-19(29)17(9-21(23)31)13-27(15-25(3,4)39-33-27)41(35,36)28(16-26(5,6)40-34-28)14-18-10-22(32)24(38-8-2)12-20(18)30/h9-12,33-34H,7-8,13-16H2,1-6H3. The minimum atomic E-state index is -4.24. The SMILES string of the molecule is CCOc1cc(Cl)c(CC2(S(=O)(=O)C3(Cc4cc(Cl)c(OCC)cc4Cl)CC(C)(C)ON3)CC(C)(C)ON2)cc1Cl. The summed E-state index contributed by atoms with van der Waals surface area (Å²) in [5.74, 6) is 0.837. The molecule has 0 amide bonds. The third kappa shape index (κ3) is 6.44. The van der Waals surface area contributed by atoms with Crippen molar-refractivity contribution >= 4 is 56.2 Å². The first-order chi connectivity index (χ1) is 19.0. The van der Waals surface area contributed by atoms with Crippen LogP contribution in [0.25, 0.3) is 0 Å². The maximum atomic E-state index is 15.1. The molecule has 2 unspecified atom stereocenters. The minimum absolute atomic E-state index is 0.0364. The van der Waals surface area contributed by atoms with E-state index in [4.69, 9.17) is 65.6 Å². The molecule has 228 valence electrons. The van der Waals surface area contributed by atoms with Gasteiger partial charge >= 0.3 is 0 Å². The van der Waals surface area contributed by atoms with Crippen molar-refractivity contribution in [2.24, 2.45) is 0 Å². The van der Waals surface area contributed by atoms with Crippen LogP contribution in [0.5, 0.6) is 11.5 Å². The number of ether oxygens (including phenoxy) is 2. The molecule has 4 rings (SSSR count). The van der Waals surface area contributed by atoms with E-state index in [0.717, 1.165) is 0 Å². The fourth-order valence-corrected chi connectivity index (χ4v) is 9.34. The van der Waals surface area contributed by atoms with Crippen LogP contribution >= 0.6 is 46.4 Å². The molecule has 0 saturated carbocycles. The van der Waals surface area contributed by atoms with Gasteiger partial charge in [0.1, 0.15) is 11.5 Å². The van der Waals surface area contributed by atoms with Gasteiger partial charge < -0.3 is 9.47 Å². The first-order valence-electron chi connectivity index (χ1n) is 13.4. The molecule has 0 spiro atoms. The molecular weight excluding hydrogens is 634 g/mol. The van der Waals surface area contributed by atoms with Gasteiger partial charge in [-0.2, -0.15) is 11.0 Å². The van der Waals surface area contributed by atoms with E-state index >= 15 is 8.42 Å². The zero-order valence-electron chi connectivity index (χ0n) is 23.9. The zero-order chi connectivity index (χ0) is 30.4. The second-order valence-electron chi connectivity index (χ2n) is 11.7. The molecule has 2 aromatic carbocycles. The molecule has 0 bridgehead atoms. The summed E-state index contributed by atoms with van der Waals surface area (Å²) in [6.45, 7) is 11.8. The molecule has 2 aliphatic heterocycles. The smallest absolute Gasteiger partial charge is 0.192 e. The second-order valence-corrected chi connectivity index (χ2v) is 15.9. The van der Waals surface area contributed by atoms with Crippen LogP contribution in [-0.2, 0) is 32.4 Å². The van der Waals surface area contributed by atoms with Crippen LogP contribution in [0.3, 0.4) is 0 Å². The normalized spacial score (nSPS) is 25.4. The lowest BCUT2D eigenvalue weighted by Gasteiger charge is -2.39. The fraction of sp³-hybridized carbons (Fsp3) is 0.571. The van der Waals surface area contributed by atoms with E-state index in [0.29, 0.717) is 55.9 Å². The van der Waals surface area contributed by atoms with Crippen molar-refractivity contribution in [3.05, 3.63) is 55.5 Å². The molecular formula is C28H36Cl4N2O6S. The van der Waals surface area contributed by atoms with E-state index in [1.54, 1.807) is 24.3 Å². The Labute approximate surface area is 262 Å². The number of hydrogen-bond acceptors (Lipinski definition) is 8. The van der Waals surface area contributed by atoms with Gasteiger partial charge in [-0.05, 0) is 64.8 Å². The van der Waals surface area contributed by atoms with Gasteiger partial charge in [0.05, 0.1) is 34.5 Å². The highest BCUT2D eigenvalue weighted by molar-refractivity contribution is 7.94. The summed E-state index contributed by atoms with van der Waals surface area (Å²) in [6.07, 6.45) is 0.160. The molecule has 13 heteroatoms. The summed E-state index contributed by atoms with van der Waals surface area (Å²) in [4.78, 5) is 8.52. The van der Waals surface area contributed by atoms with Crippen molar-refractivity contribution in [2.45, 2.75) is 88.2 Å². The van der Waals surface area contributed by atoms with Gasteiger partial charge in [0.25, 0.3) is 0 Å². The minimum Gasteiger partial charge on any atom is -0.492 e. The Morgan fingerprint density at radius 3 is 1.37 bits per heavy atom. The van der Waals surface area contributed by atoms with E-state index in [1.807, 2.05) is 41.5 Å². The maximum Gasteiger partial charge on any atom is 0.192 e. The third-order valence-electron chi connectivity index (χ3n) is 7.23. The zero-order valence-corrected chi connectivity index (χ0v) is 27.8. The molecule has 0 radical (unpaired) electrons. The van der Waals surface area contributed by atoms with Crippen LogP contribution in [0.15, 0.2) is 24.3 Å². The number of hydrogen-bond donors (Lipinski definition) is 2. The Morgan fingerprint density at radius 1 is 0.707 bits per heavy atom. The largest absolute Gasteiger partial charge is 0.492 e. The molecule has 41 heavy (non-hydrogen) atoms. The number of halogens is 4. The van der Waals surface area contributed by atoms with Gasteiger partial charge in [0.2, 0.25) is 0 Å². The van der Waals surface area contributed by atoms with Crippen LogP contribution in [0.1, 0.15) is 65.5 Å². The van der Waals surface area contributed by atoms with Crippen LogP contribution in [0, 0.1) is 0 Å². The molecule has 2 heterocycles. The number of benzene rings is 2. The van der Waals surface area contributed by atoms with E-state index in [-0.39, 0.29) is 25.7 Å². The molecule has 2 saturated heterocycles. The molecule has 8 nitrogen and oxygen atoms in total. The number of nitrogens with one attached hydrogen (secondary N) is 2. The highest BCUT2D eigenvalue weighted by Crippen LogP contribution is 2.49. The molecule has 2 fully saturated rings. The first kappa shape index (κ1) is 32.9. The second kappa shape index (κ2) is 11.8. The predicted octanol–water partition coefficient (Wildman–Crippen LogP) is 7.10. The molecule has 2 aliphatic rings. The Morgan fingerprint density at radius 2 is 1.07 bits per heavy atom. The molecule has 0 aliphatic carbocycles. The van der Waals surface area contributed by atoms with Gasteiger partial charge in [-0.25, -0.2) is 8.42 Å². The summed E-state index contributed by atoms with van der Waals surface area (Å²) in [7, 11) is -4.24. The number of sulfone groups is 1. The van der Waals surface area contributed by atoms with Crippen molar-refractivity contribution in [1.82, 2.24) is 11.0 Å². The Balaban J connectivity index is 1.84. The average Bonchev–Trinajstić information content (AvgIpc) is 3.37. The highest BCUT2D eigenvalue weighted by Gasteiger charge is 2.65. The van der Waals surface area contributed by atoms with Gasteiger partial charge in [0.15, 0.2) is 19.6 Å². The first-order valence-corrected chi connectivity index (χ1v) is 16.3. The van der Waals surface area contributed by atoms with Crippen LogP contribution in [0.2, 0.25) is 20.1 Å². The Hall–Kier alpha value is -1.01. The van der Waals surface area contributed by atoms with Crippen molar-refractivity contribution in [1.29, 1.82) is 0 Å². The topological polar surface area (TPSA) is 95.1 Å². The molecule has 2 atom stereocenters. The lowest BCUT2D eigenvalue weighted by molar-refractivity contribution is -0.0361. The number of rotatable bonds is 10. The molecule has 2 aromatic rings. The third-order valence-corrected chi connectivity index (χ3v) is 11.3. The van der Waals surface area contributed by atoms with Crippen molar-refractivity contribution in [3.63, 3.8) is 0 Å². The molecule has 2 N–H and O–H groups in total. The van der Waals surface area contributed by atoms with Gasteiger partial charge in [-0.15, -0.1) is 0 Å². The average molecular weight is 670 g/mol. The fourth-order valence-electron chi connectivity index (χ4n) is 5.60. The maximum absolute atomic E-state index is 15.1. The summed E-state index contributed by atoms with van der Waals surface area (Å²) < 4.78 is 41.3. The van der Waals surface area contributed by atoms with Gasteiger partial charge in [-0.1, -0.05) is 46.4 Å². The Kier molecular flexibility index (Phi) is 9.49. The van der Waals surface area contributed by atoms with E-state index in [9.17, 15) is 0 Å². The van der Waals surface area contributed by atoms with Crippen molar-refractivity contribution in [2.75, 3.05) is 13.2 Å². The van der Waals surface area contributed by atoms with Gasteiger partial charge in [0, 0.05) is 47.9 Å². The van der Waals surface area contributed by atoms with Crippen molar-refractivity contribution < 1.29 is 27.6 Å². The van der Waals surface area contributed by atoms with E-state index in [2.05, 4.69) is 11.0 Å². The monoisotopic (exact) mass is 668 g/mol. The predicted molar refractivity (Wildman–Crippen MR) is 163 cm³/mol. The summed E-state index contributed by atoms with van der Waals surface area (Å²) in [5.41, 5.74) is 5.23. The summed E-state index contributed by atoms with van der Waals surface area (Å²) >= 11 is 26.3. The van der Waals surface area contributed by atoms with Crippen molar-refractivity contribution in [3.8, 4) is 11.5 Å². The van der Waals surface area contributed by atoms with Crippen LogP contribution in [0.4, 0.5) is 0 Å². The number of hydroxylamine groups is 2. The summed E-state index contributed by atoms with van der Waals surface area (Å²) in [5, 5.41) is 1.30. The molecule has 0 aromatic heterocycles. The lowest BCUT2D eigenvalue weighted by atomic mass is 9.94. The van der Waals surface area contributed by atoms with Crippen LogP contribution in [-0.4, -0.2) is 42.6 Å². The summed E-state index contributed by atoms with van der Waals surface area (Å²) in [6, 6.07) is 6.47. The Bertz CT molecular complexity index is 1320. The lowest BCUT2D eigenvalue weighted by Crippen LogP contribution is -2.62. The highest BCUT2D eigenvalue weighted by atomic mass is 35.5.